The standard InChI is InChI=1S/C11H16ClN3/c1-8-10(12)14-7-15-11(8)13-6-9-4-2-3-5-9/h7,9H,2-6H2,1H3,(H,13,14,15). The van der Waals surface area contributed by atoms with E-state index in [2.05, 4.69) is 15.3 Å². The van der Waals surface area contributed by atoms with E-state index in [0.717, 1.165) is 23.8 Å². The molecule has 82 valence electrons. The number of nitrogens with one attached hydrogen (secondary N) is 1. The summed E-state index contributed by atoms with van der Waals surface area (Å²) in [6.07, 6.45) is 6.92. The van der Waals surface area contributed by atoms with Gasteiger partial charge in [0.2, 0.25) is 0 Å². The van der Waals surface area contributed by atoms with Gasteiger partial charge in [0.15, 0.2) is 0 Å². The van der Waals surface area contributed by atoms with Crippen molar-refractivity contribution in [1.29, 1.82) is 0 Å². The summed E-state index contributed by atoms with van der Waals surface area (Å²) in [5, 5.41) is 3.90. The highest BCUT2D eigenvalue weighted by Gasteiger charge is 2.15. The van der Waals surface area contributed by atoms with Crippen LogP contribution in [-0.2, 0) is 0 Å². The molecule has 0 bridgehead atoms. The van der Waals surface area contributed by atoms with Gasteiger partial charge in [0.25, 0.3) is 0 Å². The molecular formula is C11H16ClN3. The Morgan fingerprint density at radius 3 is 2.87 bits per heavy atom. The Morgan fingerprint density at radius 1 is 1.40 bits per heavy atom. The highest BCUT2D eigenvalue weighted by Crippen LogP contribution is 2.25. The molecule has 0 unspecified atom stereocenters. The van der Waals surface area contributed by atoms with Crippen molar-refractivity contribution >= 4 is 17.4 Å². The molecule has 4 heteroatoms. The van der Waals surface area contributed by atoms with E-state index < -0.39 is 0 Å². The summed E-state index contributed by atoms with van der Waals surface area (Å²) in [7, 11) is 0. The van der Waals surface area contributed by atoms with Crippen molar-refractivity contribution < 1.29 is 0 Å². The van der Waals surface area contributed by atoms with Crippen LogP contribution < -0.4 is 5.32 Å². The molecule has 0 spiro atoms. The summed E-state index contributed by atoms with van der Waals surface area (Å²) < 4.78 is 0. The van der Waals surface area contributed by atoms with Gasteiger partial charge in [0.05, 0.1) is 0 Å². The first-order valence-corrected chi connectivity index (χ1v) is 5.86. The molecule has 0 saturated heterocycles. The van der Waals surface area contributed by atoms with Crippen molar-refractivity contribution in [2.75, 3.05) is 11.9 Å². The van der Waals surface area contributed by atoms with Gasteiger partial charge in [-0.3, -0.25) is 0 Å². The van der Waals surface area contributed by atoms with Crippen molar-refractivity contribution in [3.05, 3.63) is 17.0 Å². The first kappa shape index (κ1) is 10.7. The van der Waals surface area contributed by atoms with E-state index in [1.807, 2.05) is 6.92 Å². The third kappa shape index (κ3) is 2.59. The highest BCUT2D eigenvalue weighted by atomic mass is 35.5. The molecule has 1 aliphatic carbocycles. The molecule has 1 heterocycles. The van der Waals surface area contributed by atoms with Crippen LogP contribution in [0.3, 0.4) is 0 Å². The van der Waals surface area contributed by atoms with Crippen LogP contribution in [0.5, 0.6) is 0 Å². The van der Waals surface area contributed by atoms with Crippen LogP contribution in [0.4, 0.5) is 5.82 Å². The summed E-state index contributed by atoms with van der Waals surface area (Å²) in [6, 6.07) is 0. The Hall–Kier alpha value is -0.830. The van der Waals surface area contributed by atoms with Crippen LogP contribution in [0.2, 0.25) is 5.15 Å². The maximum atomic E-state index is 5.92. The van der Waals surface area contributed by atoms with Gasteiger partial charge in [-0.15, -0.1) is 0 Å². The van der Waals surface area contributed by atoms with E-state index in [-0.39, 0.29) is 0 Å². The average molecular weight is 226 g/mol. The molecule has 1 N–H and O–H groups in total. The number of anilines is 1. The Labute approximate surface area is 95.3 Å². The predicted octanol–water partition coefficient (Wildman–Crippen LogP) is 3.04. The second kappa shape index (κ2) is 4.79. The Kier molecular flexibility index (Phi) is 3.41. The highest BCUT2D eigenvalue weighted by molar-refractivity contribution is 6.30. The molecule has 0 radical (unpaired) electrons. The van der Waals surface area contributed by atoms with E-state index in [9.17, 15) is 0 Å². The molecular weight excluding hydrogens is 210 g/mol. The van der Waals surface area contributed by atoms with E-state index in [4.69, 9.17) is 11.6 Å². The van der Waals surface area contributed by atoms with Crippen LogP contribution in [-0.4, -0.2) is 16.5 Å². The topological polar surface area (TPSA) is 37.8 Å². The van der Waals surface area contributed by atoms with Crippen molar-refractivity contribution in [3.8, 4) is 0 Å². The first-order chi connectivity index (χ1) is 7.27. The first-order valence-electron chi connectivity index (χ1n) is 5.48. The van der Waals surface area contributed by atoms with E-state index in [1.165, 1.54) is 32.0 Å². The van der Waals surface area contributed by atoms with Crippen LogP contribution in [0.1, 0.15) is 31.2 Å². The van der Waals surface area contributed by atoms with E-state index in [0.29, 0.717) is 5.15 Å². The molecule has 0 aliphatic heterocycles. The lowest BCUT2D eigenvalue weighted by Crippen LogP contribution is -2.13. The van der Waals surface area contributed by atoms with Crippen LogP contribution >= 0.6 is 11.6 Å². The van der Waals surface area contributed by atoms with Crippen molar-refractivity contribution in [2.45, 2.75) is 32.6 Å². The lowest BCUT2D eigenvalue weighted by atomic mass is 10.1. The second-order valence-electron chi connectivity index (χ2n) is 4.17. The summed E-state index contributed by atoms with van der Waals surface area (Å²) in [5.41, 5.74) is 0.942. The number of halogens is 1. The van der Waals surface area contributed by atoms with Gasteiger partial charge in [-0.1, -0.05) is 24.4 Å². The zero-order valence-electron chi connectivity index (χ0n) is 8.96. The largest absolute Gasteiger partial charge is 0.369 e. The van der Waals surface area contributed by atoms with E-state index in [1.54, 1.807) is 0 Å². The molecule has 0 atom stereocenters. The monoisotopic (exact) mass is 225 g/mol. The molecule has 2 rings (SSSR count). The summed E-state index contributed by atoms with van der Waals surface area (Å²) in [4.78, 5) is 8.13. The maximum Gasteiger partial charge on any atom is 0.137 e. The fourth-order valence-corrected chi connectivity index (χ4v) is 2.20. The Morgan fingerprint density at radius 2 is 2.13 bits per heavy atom. The molecule has 0 aromatic carbocycles. The van der Waals surface area contributed by atoms with Gasteiger partial charge in [-0.2, -0.15) is 0 Å². The van der Waals surface area contributed by atoms with Crippen molar-refractivity contribution in [2.24, 2.45) is 5.92 Å². The molecule has 1 aliphatic rings. The fraction of sp³-hybridized carbons (Fsp3) is 0.636. The lowest BCUT2D eigenvalue weighted by molar-refractivity contribution is 0.578. The molecule has 1 aromatic heterocycles. The zero-order valence-corrected chi connectivity index (χ0v) is 9.72. The summed E-state index contributed by atoms with van der Waals surface area (Å²) in [6.45, 7) is 2.95. The number of hydrogen-bond donors (Lipinski definition) is 1. The van der Waals surface area contributed by atoms with Crippen molar-refractivity contribution in [1.82, 2.24) is 9.97 Å². The third-order valence-electron chi connectivity index (χ3n) is 3.06. The van der Waals surface area contributed by atoms with Crippen LogP contribution in [0, 0.1) is 12.8 Å². The maximum absolute atomic E-state index is 5.92. The molecule has 15 heavy (non-hydrogen) atoms. The zero-order chi connectivity index (χ0) is 10.7. The number of rotatable bonds is 3. The SMILES string of the molecule is Cc1c(Cl)ncnc1NCC1CCCC1. The lowest BCUT2D eigenvalue weighted by Gasteiger charge is -2.12. The number of nitrogens with zero attached hydrogens (tertiary/aromatic N) is 2. The minimum absolute atomic E-state index is 0.541. The van der Waals surface area contributed by atoms with Crippen molar-refractivity contribution in [3.63, 3.8) is 0 Å². The molecule has 1 fully saturated rings. The van der Waals surface area contributed by atoms with Crippen LogP contribution in [0.25, 0.3) is 0 Å². The van der Waals surface area contributed by atoms with Gasteiger partial charge < -0.3 is 5.32 Å². The molecule has 3 nitrogen and oxygen atoms in total. The summed E-state index contributed by atoms with van der Waals surface area (Å²) in [5.74, 6) is 1.68. The van der Waals surface area contributed by atoms with Gasteiger partial charge in [-0.25, -0.2) is 9.97 Å². The molecule has 1 saturated carbocycles. The predicted molar refractivity (Wildman–Crippen MR) is 62.2 cm³/mol. The third-order valence-corrected chi connectivity index (χ3v) is 3.44. The van der Waals surface area contributed by atoms with Gasteiger partial charge >= 0.3 is 0 Å². The molecule has 1 aromatic rings. The second-order valence-corrected chi connectivity index (χ2v) is 4.53. The minimum Gasteiger partial charge on any atom is -0.369 e. The fourth-order valence-electron chi connectivity index (χ4n) is 2.06. The Balaban J connectivity index is 1.95. The van der Waals surface area contributed by atoms with Gasteiger partial charge in [0, 0.05) is 12.1 Å². The number of hydrogen-bond acceptors (Lipinski definition) is 3. The normalized spacial score (nSPS) is 16.9. The van der Waals surface area contributed by atoms with Gasteiger partial charge in [-0.05, 0) is 25.7 Å². The molecule has 0 amide bonds. The minimum atomic E-state index is 0.541. The number of aromatic nitrogens is 2. The van der Waals surface area contributed by atoms with Gasteiger partial charge in [0.1, 0.15) is 17.3 Å². The van der Waals surface area contributed by atoms with E-state index >= 15 is 0 Å². The average Bonchev–Trinajstić information content (AvgIpc) is 2.73. The van der Waals surface area contributed by atoms with Crippen LogP contribution in [0.15, 0.2) is 6.33 Å². The quantitative estimate of drug-likeness (QED) is 0.804. The smallest absolute Gasteiger partial charge is 0.137 e. The Bertz CT molecular complexity index is 335. The summed E-state index contributed by atoms with van der Waals surface area (Å²) >= 11 is 5.92.